The number of aromatic hydroxyl groups is 1. The molecule has 0 bridgehead atoms. The Balaban J connectivity index is 2.92. The van der Waals surface area contributed by atoms with Crippen molar-refractivity contribution < 1.29 is 18.6 Å². The van der Waals surface area contributed by atoms with Crippen molar-refractivity contribution in [3.63, 3.8) is 0 Å². The van der Waals surface area contributed by atoms with Crippen LogP contribution in [0.4, 0.5) is 8.78 Å². The summed E-state index contributed by atoms with van der Waals surface area (Å²) in [6.07, 6.45) is 0.841. The molecule has 1 aromatic rings. The molecule has 1 N–H and O–H groups in total. The molecular weight excluding hydrogens is 194 g/mol. The fraction of sp³-hybridized carbons (Fsp3) is 0.200. The van der Waals surface area contributed by atoms with Crippen LogP contribution in [-0.4, -0.2) is 21.9 Å². The average Bonchev–Trinajstić information content (AvgIpc) is 1.98. The Kier molecular flexibility index (Phi) is 2.59. The van der Waals surface area contributed by atoms with E-state index in [1.165, 1.54) is 0 Å². The monoisotopic (exact) mass is 196 g/mol. The van der Waals surface area contributed by atoms with E-state index < -0.39 is 18.1 Å². The average molecular weight is 197 g/mol. The zero-order valence-corrected chi connectivity index (χ0v) is 6.29. The standard InChI is InChI=1S/C5H3ClF2N2O2/c6-4-3(11)2(1-9-10-4)12-5(7)8/h1,5H,(H,9,11). The van der Waals surface area contributed by atoms with Crippen molar-refractivity contribution in [2.24, 2.45) is 0 Å². The van der Waals surface area contributed by atoms with Crippen molar-refractivity contribution in [1.82, 2.24) is 10.2 Å². The van der Waals surface area contributed by atoms with E-state index in [9.17, 15) is 8.78 Å². The quantitative estimate of drug-likeness (QED) is 0.778. The Morgan fingerprint density at radius 1 is 1.58 bits per heavy atom. The van der Waals surface area contributed by atoms with E-state index in [2.05, 4.69) is 14.9 Å². The Labute approximate surface area is 70.7 Å². The van der Waals surface area contributed by atoms with Crippen molar-refractivity contribution >= 4 is 11.6 Å². The maximum atomic E-state index is 11.6. The molecule has 0 aliphatic carbocycles. The number of ether oxygens (including phenoxy) is 1. The van der Waals surface area contributed by atoms with Gasteiger partial charge in [0.2, 0.25) is 0 Å². The molecular formula is C5H3ClF2N2O2. The molecule has 0 radical (unpaired) electrons. The molecule has 66 valence electrons. The summed E-state index contributed by atoms with van der Waals surface area (Å²) in [5.41, 5.74) is 0. The van der Waals surface area contributed by atoms with Crippen LogP contribution in [0.25, 0.3) is 0 Å². The molecule has 0 amide bonds. The molecule has 0 saturated heterocycles. The van der Waals surface area contributed by atoms with Crippen LogP contribution in [0.1, 0.15) is 0 Å². The largest absolute Gasteiger partial charge is 0.502 e. The molecule has 0 unspecified atom stereocenters. The molecule has 1 heterocycles. The SMILES string of the molecule is Oc1c(OC(F)F)cnnc1Cl. The lowest BCUT2D eigenvalue weighted by Gasteiger charge is -2.04. The third-order valence-corrected chi connectivity index (χ3v) is 1.22. The predicted molar refractivity (Wildman–Crippen MR) is 35.3 cm³/mol. The molecule has 0 saturated carbocycles. The van der Waals surface area contributed by atoms with E-state index >= 15 is 0 Å². The number of alkyl halides is 2. The van der Waals surface area contributed by atoms with E-state index in [-0.39, 0.29) is 5.15 Å². The van der Waals surface area contributed by atoms with E-state index in [1.807, 2.05) is 0 Å². The minimum atomic E-state index is -3.03. The summed E-state index contributed by atoms with van der Waals surface area (Å²) in [6, 6.07) is 0. The van der Waals surface area contributed by atoms with Gasteiger partial charge in [-0.2, -0.15) is 13.9 Å². The first-order valence-electron chi connectivity index (χ1n) is 2.76. The number of aromatic nitrogens is 2. The minimum Gasteiger partial charge on any atom is -0.502 e. The molecule has 1 aromatic heterocycles. The normalized spacial score (nSPS) is 10.3. The Bertz CT molecular complexity index is 284. The van der Waals surface area contributed by atoms with Gasteiger partial charge in [0, 0.05) is 0 Å². The maximum Gasteiger partial charge on any atom is 0.387 e. The Morgan fingerprint density at radius 2 is 2.25 bits per heavy atom. The van der Waals surface area contributed by atoms with Gasteiger partial charge in [-0.25, -0.2) is 0 Å². The van der Waals surface area contributed by atoms with Gasteiger partial charge >= 0.3 is 6.61 Å². The summed E-state index contributed by atoms with van der Waals surface area (Å²) in [5.74, 6) is -1.14. The summed E-state index contributed by atoms with van der Waals surface area (Å²) < 4.78 is 27.1. The molecule has 0 spiro atoms. The summed E-state index contributed by atoms with van der Waals surface area (Å²) in [5, 5.41) is 15.0. The second-order valence-corrected chi connectivity index (χ2v) is 2.08. The van der Waals surface area contributed by atoms with E-state index in [0.29, 0.717) is 0 Å². The molecule has 4 nitrogen and oxygen atoms in total. The van der Waals surface area contributed by atoms with Gasteiger partial charge in [0.15, 0.2) is 16.7 Å². The fourth-order valence-corrected chi connectivity index (χ4v) is 0.661. The highest BCUT2D eigenvalue weighted by Gasteiger charge is 2.12. The van der Waals surface area contributed by atoms with Crippen LogP contribution in [0.2, 0.25) is 5.15 Å². The van der Waals surface area contributed by atoms with Crippen molar-refractivity contribution in [1.29, 1.82) is 0 Å². The molecule has 0 aromatic carbocycles. The van der Waals surface area contributed by atoms with Gasteiger partial charge in [0.05, 0.1) is 6.20 Å². The zero-order chi connectivity index (χ0) is 9.14. The van der Waals surface area contributed by atoms with Crippen LogP contribution in [-0.2, 0) is 0 Å². The van der Waals surface area contributed by atoms with Gasteiger partial charge in [0.25, 0.3) is 0 Å². The van der Waals surface area contributed by atoms with Crippen LogP contribution >= 0.6 is 11.6 Å². The van der Waals surface area contributed by atoms with Crippen LogP contribution in [0.3, 0.4) is 0 Å². The summed E-state index contributed by atoms with van der Waals surface area (Å²) in [6.45, 7) is -3.03. The van der Waals surface area contributed by atoms with E-state index in [0.717, 1.165) is 6.20 Å². The summed E-state index contributed by atoms with van der Waals surface area (Å²) >= 11 is 5.25. The lowest BCUT2D eigenvalue weighted by Crippen LogP contribution is -2.03. The van der Waals surface area contributed by atoms with Gasteiger partial charge in [-0.3, -0.25) is 0 Å². The fourth-order valence-electron chi connectivity index (χ4n) is 0.524. The van der Waals surface area contributed by atoms with Gasteiger partial charge in [-0.1, -0.05) is 11.6 Å². The van der Waals surface area contributed by atoms with Gasteiger partial charge in [-0.05, 0) is 0 Å². The summed E-state index contributed by atoms with van der Waals surface area (Å²) in [4.78, 5) is 0. The number of halogens is 3. The number of nitrogens with zero attached hydrogens (tertiary/aromatic N) is 2. The number of hydrogen-bond donors (Lipinski definition) is 1. The van der Waals surface area contributed by atoms with Crippen LogP contribution in [0.15, 0.2) is 6.20 Å². The highest BCUT2D eigenvalue weighted by atomic mass is 35.5. The van der Waals surface area contributed by atoms with Crippen LogP contribution in [0, 0.1) is 0 Å². The number of hydrogen-bond acceptors (Lipinski definition) is 4. The maximum absolute atomic E-state index is 11.6. The summed E-state index contributed by atoms with van der Waals surface area (Å²) in [7, 11) is 0. The van der Waals surface area contributed by atoms with Crippen LogP contribution in [0.5, 0.6) is 11.5 Å². The van der Waals surface area contributed by atoms with Crippen molar-refractivity contribution in [3.05, 3.63) is 11.3 Å². The molecule has 0 aliphatic rings. The first-order chi connectivity index (χ1) is 5.61. The highest BCUT2D eigenvalue weighted by Crippen LogP contribution is 2.31. The van der Waals surface area contributed by atoms with E-state index in [4.69, 9.17) is 16.7 Å². The molecule has 12 heavy (non-hydrogen) atoms. The lowest BCUT2D eigenvalue weighted by atomic mass is 10.5. The third-order valence-electron chi connectivity index (χ3n) is 0.965. The minimum absolute atomic E-state index is 0.381. The Hall–Kier alpha value is -1.17. The second-order valence-electron chi connectivity index (χ2n) is 1.73. The smallest absolute Gasteiger partial charge is 0.387 e. The molecule has 1 rings (SSSR count). The van der Waals surface area contributed by atoms with Gasteiger partial charge in [-0.15, -0.1) is 5.10 Å². The van der Waals surface area contributed by atoms with Crippen molar-refractivity contribution in [2.75, 3.05) is 0 Å². The number of rotatable bonds is 2. The highest BCUT2D eigenvalue weighted by molar-refractivity contribution is 6.30. The Morgan fingerprint density at radius 3 is 2.83 bits per heavy atom. The molecule has 7 heteroatoms. The van der Waals surface area contributed by atoms with Gasteiger partial charge < -0.3 is 9.84 Å². The first-order valence-corrected chi connectivity index (χ1v) is 3.14. The van der Waals surface area contributed by atoms with Crippen molar-refractivity contribution in [2.45, 2.75) is 6.61 Å². The first kappa shape index (κ1) is 8.92. The third kappa shape index (κ3) is 1.91. The molecule has 0 atom stereocenters. The molecule has 0 aliphatic heterocycles. The van der Waals surface area contributed by atoms with Gasteiger partial charge in [0.1, 0.15) is 0 Å². The van der Waals surface area contributed by atoms with Crippen molar-refractivity contribution in [3.8, 4) is 11.5 Å². The van der Waals surface area contributed by atoms with E-state index in [1.54, 1.807) is 0 Å². The second kappa shape index (κ2) is 3.48. The predicted octanol–water partition coefficient (Wildman–Crippen LogP) is 1.44. The zero-order valence-electron chi connectivity index (χ0n) is 5.54. The van der Waals surface area contributed by atoms with Crippen LogP contribution < -0.4 is 4.74 Å². The topological polar surface area (TPSA) is 55.2 Å². The molecule has 0 fully saturated rings. The lowest BCUT2D eigenvalue weighted by molar-refractivity contribution is -0.0515.